The summed E-state index contributed by atoms with van der Waals surface area (Å²) in [5.41, 5.74) is 6.30. The molecule has 0 aromatic heterocycles. The van der Waals surface area contributed by atoms with Crippen LogP contribution in [0.3, 0.4) is 0 Å². The molecule has 8 amide bonds. The van der Waals surface area contributed by atoms with Crippen molar-refractivity contribution in [2.24, 2.45) is 17.6 Å². The summed E-state index contributed by atoms with van der Waals surface area (Å²) >= 11 is 6.26. The van der Waals surface area contributed by atoms with E-state index < -0.39 is 114 Å². The molecule has 4 rings (SSSR count). The average molecular weight is 956 g/mol. The van der Waals surface area contributed by atoms with Crippen molar-refractivity contribution in [3.05, 3.63) is 64.7 Å². The molecule has 0 radical (unpaired) electrons. The lowest BCUT2D eigenvalue weighted by atomic mass is 9.95. The molecule has 21 heteroatoms. The molecular weight excluding hydrogens is 892 g/mol. The maximum atomic E-state index is 15.0. The zero-order valence-electron chi connectivity index (χ0n) is 38.7. The molecule has 20 nitrogen and oxygen atoms in total. The molecule has 0 saturated carbocycles. The number of piperidine rings is 1. The van der Waals surface area contributed by atoms with Gasteiger partial charge in [0.1, 0.15) is 60.4 Å². The SMILES string of the molecule is CC(=O)N[C@@H](CCC(N)=O)C(=O)N[C@@H]1C(=O)N[C@@H](CC(C)C)C(=O)N[C@H]2CC[C@@H](O)N(C2=O)[C@@H](Cc2ccccc2)C(=O)N(C)[C@@H](Cc2ccc(O)c(Cl)c2)C(=O)N[C@@H](C(C)C)C(=O)O[C@H]1C. The summed E-state index contributed by atoms with van der Waals surface area (Å²) in [7, 11) is 1.33. The first-order valence-electron chi connectivity index (χ1n) is 22.2. The van der Waals surface area contributed by atoms with Crippen molar-refractivity contribution >= 4 is 64.8 Å². The molecular formula is C46H63ClN8O12. The van der Waals surface area contributed by atoms with Gasteiger partial charge in [0.25, 0.3) is 0 Å². The third kappa shape index (κ3) is 14.6. The number of nitrogens with zero attached hydrogens (tertiary/aromatic N) is 2. The van der Waals surface area contributed by atoms with Gasteiger partial charge in [-0.2, -0.15) is 0 Å². The van der Waals surface area contributed by atoms with Crippen molar-refractivity contribution in [1.82, 2.24) is 36.4 Å². The molecule has 2 heterocycles. The summed E-state index contributed by atoms with van der Waals surface area (Å²) in [4.78, 5) is 127. The van der Waals surface area contributed by atoms with Gasteiger partial charge in [-0.3, -0.25) is 38.4 Å². The quantitative estimate of drug-likeness (QED) is 0.126. The molecule has 2 aromatic rings. The van der Waals surface area contributed by atoms with Crippen molar-refractivity contribution in [3.63, 3.8) is 0 Å². The van der Waals surface area contributed by atoms with Gasteiger partial charge < -0.3 is 57.1 Å². The third-order valence-corrected chi connectivity index (χ3v) is 11.9. The lowest BCUT2D eigenvalue weighted by Gasteiger charge is -2.43. The van der Waals surface area contributed by atoms with Crippen LogP contribution in [0.5, 0.6) is 5.75 Å². The van der Waals surface area contributed by atoms with Gasteiger partial charge in [0.05, 0.1) is 5.02 Å². The molecule has 2 aliphatic rings. The first kappa shape index (κ1) is 53.3. The maximum absolute atomic E-state index is 15.0. The number of phenolic OH excluding ortho intramolecular Hbond substituents is 1. The molecule has 0 aliphatic carbocycles. The normalized spacial score (nSPS) is 25.2. The van der Waals surface area contributed by atoms with Gasteiger partial charge in [-0.15, -0.1) is 0 Å². The van der Waals surface area contributed by atoms with Crippen LogP contribution in [0.15, 0.2) is 48.5 Å². The summed E-state index contributed by atoms with van der Waals surface area (Å²) in [6.45, 7) is 9.17. The number of nitrogens with one attached hydrogen (secondary N) is 5. The number of aliphatic hydroxyl groups is 1. The van der Waals surface area contributed by atoms with Gasteiger partial charge in [0.2, 0.25) is 47.3 Å². The smallest absolute Gasteiger partial charge is 0.329 e. The fourth-order valence-corrected chi connectivity index (χ4v) is 8.20. The van der Waals surface area contributed by atoms with Crippen LogP contribution in [0.1, 0.15) is 84.8 Å². The van der Waals surface area contributed by atoms with Crippen molar-refractivity contribution < 1.29 is 58.1 Å². The molecule has 0 unspecified atom stereocenters. The van der Waals surface area contributed by atoms with Gasteiger partial charge in [-0.25, -0.2) is 4.79 Å². The van der Waals surface area contributed by atoms with E-state index in [2.05, 4.69) is 26.6 Å². The zero-order chi connectivity index (χ0) is 49.9. The molecule has 2 bridgehead atoms. The fraction of sp³-hybridized carbons (Fsp3) is 0.543. The third-order valence-electron chi connectivity index (χ3n) is 11.6. The molecule has 0 spiro atoms. The number of aromatic hydroxyl groups is 1. The van der Waals surface area contributed by atoms with Gasteiger partial charge in [0.15, 0.2) is 0 Å². The number of carbonyl (C=O) groups is 9. The predicted octanol–water partition coefficient (Wildman–Crippen LogP) is 0.324. The monoisotopic (exact) mass is 954 g/mol. The maximum Gasteiger partial charge on any atom is 0.329 e. The number of rotatable bonds is 13. The van der Waals surface area contributed by atoms with E-state index in [1.54, 1.807) is 58.0 Å². The average Bonchev–Trinajstić information content (AvgIpc) is 3.25. The number of carbonyl (C=O) groups excluding carboxylic acids is 9. The molecule has 366 valence electrons. The largest absolute Gasteiger partial charge is 0.506 e. The minimum Gasteiger partial charge on any atom is -0.506 e. The first-order chi connectivity index (χ1) is 31.5. The number of fused-ring (bicyclic) bond motifs is 2. The van der Waals surface area contributed by atoms with Crippen LogP contribution in [0.25, 0.3) is 0 Å². The van der Waals surface area contributed by atoms with E-state index in [9.17, 15) is 48.6 Å². The summed E-state index contributed by atoms with van der Waals surface area (Å²) in [6.07, 6.45) is -4.10. The Labute approximate surface area is 394 Å². The topological polar surface area (TPSA) is 296 Å². The van der Waals surface area contributed by atoms with E-state index in [4.69, 9.17) is 22.1 Å². The Morgan fingerprint density at radius 1 is 0.881 bits per heavy atom. The van der Waals surface area contributed by atoms with E-state index in [0.717, 1.165) is 16.7 Å². The second kappa shape index (κ2) is 24.0. The summed E-state index contributed by atoms with van der Waals surface area (Å²) in [6, 6.07) is 2.74. The Kier molecular flexibility index (Phi) is 19.1. The number of esters is 1. The molecule has 2 fully saturated rings. The Bertz CT molecular complexity index is 2160. The standard InChI is InChI=1S/C46H63ClN8O12/c1-23(2)19-32-41(61)50-31-15-18-37(59)55(44(31)64)34(21-27-11-9-8-10-12-27)45(65)54(7)33(22-28-13-16-35(57)29(47)20-28)42(62)52-38(24(3)4)46(66)67-25(5)39(43(63)51-32)53-40(60)30(49-26(6)56)14-17-36(48)58/h8-13,16,20,23-25,30-34,37-39,57,59H,14-15,17-19,21-22H2,1-7H3,(H2,48,58)(H,49,56)(H,50,61)(H,51,63)(H,52,62)(H,53,60)/t25-,30-,31-,32-,33-,34-,37+,38-,39-/m0/s1. The van der Waals surface area contributed by atoms with Crippen molar-refractivity contribution in [2.75, 3.05) is 7.05 Å². The molecule has 9 N–H and O–H groups in total. The zero-order valence-corrected chi connectivity index (χ0v) is 39.5. The highest BCUT2D eigenvalue weighted by Gasteiger charge is 2.46. The van der Waals surface area contributed by atoms with Crippen LogP contribution in [-0.2, 0) is 60.7 Å². The molecule has 2 aromatic carbocycles. The van der Waals surface area contributed by atoms with E-state index in [1.807, 2.05) is 0 Å². The van der Waals surface area contributed by atoms with Gasteiger partial charge in [-0.05, 0) is 67.7 Å². The summed E-state index contributed by atoms with van der Waals surface area (Å²) < 4.78 is 5.82. The van der Waals surface area contributed by atoms with Gasteiger partial charge in [-0.1, -0.05) is 75.7 Å². The number of ether oxygens (including phenoxy) is 1. The number of halogens is 1. The number of aliphatic hydroxyl groups excluding tert-OH is 1. The van der Waals surface area contributed by atoms with Crippen molar-refractivity contribution in [3.8, 4) is 5.75 Å². The highest BCUT2D eigenvalue weighted by atomic mass is 35.5. The Balaban J connectivity index is 1.89. The number of primary amides is 1. The van der Waals surface area contributed by atoms with Crippen LogP contribution in [-0.4, -0.2) is 135 Å². The molecule has 9 atom stereocenters. The Hall–Kier alpha value is -6.28. The fourth-order valence-electron chi connectivity index (χ4n) is 8.00. The van der Waals surface area contributed by atoms with E-state index in [1.165, 1.54) is 32.2 Å². The predicted molar refractivity (Wildman–Crippen MR) is 243 cm³/mol. The molecule has 2 aliphatic heterocycles. The number of amides is 8. The van der Waals surface area contributed by atoms with E-state index >= 15 is 4.79 Å². The van der Waals surface area contributed by atoms with Crippen LogP contribution in [0.2, 0.25) is 5.02 Å². The number of phenols is 1. The lowest BCUT2D eigenvalue weighted by molar-refractivity contribution is -0.165. The number of benzene rings is 2. The number of hydrogen-bond acceptors (Lipinski definition) is 12. The van der Waals surface area contributed by atoms with Crippen molar-refractivity contribution in [2.45, 2.75) is 141 Å². The second-order valence-corrected chi connectivity index (χ2v) is 18.2. The van der Waals surface area contributed by atoms with Gasteiger partial charge >= 0.3 is 5.97 Å². The number of likely N-dealkylation sites (N-methyl/N-ethyl adjacent to an activating group) is 1. The van der Waals surface area contributed by atoms with Crippen LogP contribution < -0.4 is 32.3 Å². The van der Waals surface area contributed by atoms with E-state index in [-0.39, 0.29) is 61.6 Å². The molecule has 67 heavy (non-hydrogen) atoms. The summed E-state index contributed by atoms with van der Waals surface area (Å²) in [5.74, 6) is -8.87. The number of cyclic esters (lactones) is 1. The number of nitrogens with two attached hydrogens (primary N) is 1. The van der Waals surface area contributed by atoms with Crippen molar-refractivity contribution in [1.29, 1.82) is 0 Å². The highest BCUT2D eigenvalue weighted by molar-refractivity contribution is 6.32. The van der Waals surface area contributed by atoms with Crippen LogP contribution in [0.4, 0.5) is 0 Å². The van der Waals surface area contributed by atoms with E-state index in [0.29, 0.717) is 11.1 Å². The van der Waals surface area contributed by atoms with Crippen LogP contribution >= 0.6 is 11.6 Å². The minimum atomic E-state index is -1.76. The second-order valence-electron chi connectivity index (χ2n) is 17.8. The van der Waals surface area contributed by atoms with Crippen LogP contribution in [0, 0.1) is 11.8 Å². The van der Waals surface area contributed by atoms with Gasteiger partial charge in [0, 0.05) is 33.2 Å². The lowest BCUT2D eigenvalue weighted by Crippen LogP contribution is -2.65. The Morgan fingerprint density at radius 2 is 1.54 bits per heavy atom. The number of hydrogen-bond donors (Lipinski definition) is 8. The first-order valence-corrected chi connectivity index (χ1v) is 22.6. The summed E-state index contributed by atoms with van der Waals surface area (Å²) in [5, 5.41) is 34.6. The Morgan fingerprint density at radius 3 is 2.13 bits per heavy atom. The highest BCUT2D eigenvalue weighted by Crippen LogP contribution is 2.27. The minimum absolute atomic E-state index is 0.0157. The molecule has 2 saturated heterocycles.